The third-order valence-electron chi connectivity index (χ3n) is 5.82. The van der Waals surface area contributed by atoms with Crippen LogP contribution in [0.4, 0.5) is 0 Å². The third kappa shape index (κ3) is 7.94. The molecule has 0 aromatic rings. The van der Waals surface area contributed by atoms with Crippen molar-refractivity contribution in [1.82, 2.24) is 0 Å². The fraction of sp³-hybridized carbons (Fsp3) is 0.947. The van der Waals surface area contributed by atoms with E-state index in [9.17, 15) is 4.79 Å². The number of unbranched alkanes of at least 4 members (excludes halogenated alkanes) is 1. The zero-order valence-electron chi connectivity index (χ0n) is 17.9. The quantitative estimate of drug-likeness (QED) is 0.261. The molecule has 0 unspecified atom stereocenters. The zero-order chi connectivity index (χ0) is 19.2. The molecule has 0 saturated carbocycles. The van der Waals surface area contributed by atoms with Crippen LogP contribution >= 0.6 is 0 Å². The predicted octanol–water partition coefficient (Wildman–Crippen LogP) is 6.16. The molecule has 0 aromatic carbocycles. The molecule has 0 heterocycles. The smallest absolute Gasteiger partial charge is 0.192 e. The molecule has 0 aromatic heterocycles. The molecule has 5 heteroatoms. The van der Waals surface area contributed by atoms with Crippen molar-refractivity contribution in [2.45, 2.75) is 110 Å². The Labute approximate surface area is 153 Å². The lowest BCUT2D eigenvalue weighted by Crippen LogP contribution is -2.44. The molecule has 0 aliphatic rings. The highest BCUT2D eigenvalue weighted by Gasteiger charge is 2.39. The Kier molecular flexibility index (Phi) is 9.11. The highest BCUT2D eigenvalue weighted by molar-refractivity contribution is 6.74. The second-order valence-corrected chi connectivity index (χ2v) is 19.6. The van der Waals surface area contributed by atoms with Crippen molar-refractivity contribution >= 4 is 22.9 Å². The van der Waals surface area contributed by atoms with Crippen LogP contribution in [0.1, 0.15) is 67.2 Å². The fourth-order valence-electron chi connectivity index (χ4n) is 1.94. The molecule has 0 fully saturated rings. The first kappa shape index (κ1) is 24.0. The molecular weight excluding hydrogens is 332 g/mol. The second kappa shape index (κ2) is 9.10. The van der Waals surface area contributed by atoms with E-state index in [1.807, 2.05) is 0 Å². The van der Waals surface area contributed by atoms with Crippen LogP contribution in [-0.2, 0) is 13.6 Å². The van der Waals surface area contributed by atoms with Crippen LogP contribution in [0.2, 0.25) is 36.3 Å². The maximum absolute atomic E-state index is 11.0. The second-order valence-electron chi connectivity index (χ2n) is 10.0. The molecule has 0 aliphatic carbocycles. The number of aldehydes is 1. The molecule has 0 N–H and O–H groups in total. The van der Waals surface area contributed by atoms with Gasteiger partial charge in [-0.15, -0.1) is 0 Å². The number of hydrogen-bond acceptors (Lipinski definition) is 3. The molecule has 1 atom stereocenters. The van der Waals surface area contributed by atoms with E-state index >= 15 is 0 Å². The summed E-state index contributed by atoms with van der Waals surface area (Å²) in [6, 6.07) is 0. The van der Waals surface area contributed by atoms with Gasteiger partial charge >= 0.3 is 0 Å². The van der Waals surface area contributed by atoms with Gasteiger partial charge in [0.1, 0.15) is 6.29 Å². The van der Waals surface area contributed by atoms with Gasteiger partial charge in [-0.05, 0) is 55.5 Å². The molecule has 0 amide bonds. The minimum Gasteiger partial charge on any atom is -0.417 e. The largest absolute Gasteiger partial charge is 0.417 e. The molecule has 0 saturated heterocycles. The summed E-state index contributed by atoms with van der Waals surface area (Å²) < 4.78 is 12.6. The Bertz CT molecular complexity index is 379. The van der Waals surface area contributed by atoms with Gasteiger partial charge in [0.05, 0.1) is 6.10 Å². The lowest BCUT2D eigenvalue weighted by atomic mass is 10.1. The van der Waals surface area contributed by atoms with Gasteiger partial charge in [0.15, 0.2) is 16.6 Å². The monoisotopic (exact) mass is 374 g/mol. The Morgan fingerprint density at radius 2 is 1.38 bits per heavy atom. The Morgan fingerprint density at radius 1 is 0.875 bits per heavy atom. The molecule has 0 spiro atoms. The summed E-state index contributed by atoms with van der Waals surface area (Å²) in [6.45, 7) is 23.5. The van der Waals surface area contributed by atoms with Gasteiger partial charge in [0.2, 0.25) is 0 Å². The maximum Gasteiger partial charge on any atom is 0.192 e. The van der Waals surface area contributed by atoms with Crippen LogP contribution < -0.4 is 0 Å². The first-order valence-corrected chi connectivity index (χ1v) is 15.2. The van der Waals surface area contributed by atoms with Crippen molar-refractivity contribution in [3.05, 3.63) is 0 Å². The Hall–Kier alpha value is 0.0238. The topological polar surface area (TPSA) is 35.5 Å². The van der Waals surface area contributed by atoms with Gasteiger partial charge in [0.25, 0.3) is 0 Å². The van der Waals surface area contributed by atoms with E-state index in [0.717, 1.165) is 32.2 Å². The summed E-state index contributed by atoms with van der Waals surface area (Å²) in [7, 11) is -3.45. The lowest BCUT2D eigenvalue weighted by molar-refractivity contribution is -0.109. The Balaban J connectivity index is 4.36. The van der Waals surface area contributed by atoms with E-state index in [-0.39, 0.29) is 16.2 Å². The van der Waals surface area contributed by atoms with Crippen molar-refractivity contribution in [3.63, 3.8) is 0 Å². The number of hydrogen-bond donors (Lipinski definition) is 0. The summed E-state index contributed by atoms with van der Waals surface area (Å²) in [5.41, 5.74) is 0. The van der Waals surface area contributed by atoms with E-state index < -0.39 is 16.6 Å². The minimum absolute atomic E-state index is 0.0660. The highest BCUT2D eigenvalue weighted by Crippen LogP contribution is 2.38. The standard InChI is InChI=1S/C19H42O3Si2/c1-18(2,3)23(7,8)21-16-12-11-13-17(14-15-20)22-24(9,10)19(4,5)6/h15,17H,11-14,16H2,1-10H3/t17-/m1/s1. The molecule has 0 radical (unpaired) electrons. The van der Waals surface area contributed by atoms with Gasteiger partial charge < -0.3 is 13.6 Å². The summed E-state index contributed by atoms with van der Waals surface area (Å²) in [6.07, 6.45) is 4.63. The fourth-order valence-corrected chi connectivity index (χ4v) is 4.43. The summed E-state index contributed by atoms with van der Waals surface area (Å²) >= 11 is 0. The molecule has 0 aliphatic heterocycles. The van der Waals surface area contributed by atoms with E-state index in [4.69, 9.17) is 8.85 Å². The first-order valence-electron chi connectivity index (χ1n) is 9.39. The summed E-state index contributed by atoms with van der Waals surface area (Å²) in [5, 5.41) is 0.443. The van der Waals surface area contributed by atoms with Gasteiger partial charge in [-0.3, -0.25) is 0 Å². The van der Waals surface area contributed by atoms with Gasteiger partial charge in [-0.2, -0.15) is 0 Å². The van der Waals surface area contributed by atoms with Gasteiger partial charge in [0, 0.05) is 13.0 Å². The summed E-state index contributed by atoms with van der Waals surface area (Å²) in [4.78, 5) is 11.0. The van der Waals surface area contributed by atoms with Crippen LogP contribution in [-0.4, -0.2) is 35.6 Å². The molecule has 24 heavy (non-hydrogen) atoms. The molecular formula is C19H42O3Si2. The van der Waals surface area contributed by atoms with Gasteiger partial charge in [-0.1, -0.05) is 41.5 Å². The van der Waals surface area contributed by atoms with Crippen LogP contribution in [0.15, 0.2) is 0 Å². The van der Waals surface area contributed by atoms with E-state index in [1.165, 1.54) is 0 Å². The van der Waals surface area contributed by atoms with Crippen molar-refractivity contribution in [2.75, 3.05) is 6.61 Å². The molecule has 3 nitrogen and oxygen atoms in total. The van der Waals surface area contributed by atoms with Crippen molar-refractivity contribution in [1.29, 1.82) is 0 Å². The molecule has 0 bridgehead atoms. The van der Waals surface area contributed by atoms with Crippen LogP contribution in [0.5, 0.6) is 0 Å². The molecule has 0 rings (SSSR count). The van der Waals surface area contributed by atoms with Crippen LogP contribution in [0.25, 0.3) is 0 Å². The first-order chi connectivity index (χ1) is 10.6. The minimum atomic E-state index is -1.81. The van der Waals surface area contributed by atoms with E-state index in [0.29, 0.717) is 6.42 Å². The van der Waals surface area contributed by atoms with Crippen molar-refractivity contribution in [2.24, 2.45) is 0 Å². The normalized spacial score (nSPS) is 15.4. The summed E-state index contributed by atoms with van der Waals surface area (Å²) in [5.74, 6) is 0. The average molecular weight is 375 g/mol. The third-order valence-corrected chi connectivity index (χ3v) is 14.9. The Morgan fingerprint density at radius 3 is 1.79 bits per heavy atom. The lowest BCUT2D eigenvalue weighted by Gasteiger charge is -2.39. The SMILES string of the molecule is CC(C)(C)[Si](C)(C)OCCCC[C@H](CC=O)O[Si](C)(C)C(C)(C)C. The van der Waals surface area contributed by atoms with Crippen molar-refractivity contribution in [3.8, 4) is 0 Å². The average Bonchev–Trinajstić information content (AvgIpc) is 2.35. The van der Waals surface area contributed by atoms with Crippen molar-refractivity contribution < 1.29 is 13.6 Å². The zero-order valence-corrected chi connectivity index (χ0v) is 19.9. The molecule has 144 valence electrons. The number of carbonyl (C=O) groups is 1. The number of carbonyl (C=O) groups excluding carboxylic acids is 1. The predicted molar refractivity (Wildman–Crippen MR) is 110 cm³/mol. The van der Waals surface area contributed by atoms with Crippen LogP contribution in [0, 0.1) is 0 Å². The highest BCUT2D eigenvalue weighted by atomic mass is 28.4. The number of rotatable bonds is 10. The maximum atomic E-state index is 11.0. The van der Waals surface area contributed by atoms with E-state index in [1.54, 1.807) is 0 Å². The van der Waals surface area contributed by atoms with Crippen LogP contribution in [0.3, 0.4) is 0 Å². The van der Waals surface area contributed by atoms with E-state index in [2.05, 4.69) is 67.7 Å². The van der Waals surface area contributed by atoms with Gasteiger partial charge in [-0.25, -0.2) is 0 Å².